The summed E-state index contributed by atoms with van der Waals surface area (Å²) < 4.78 is 5.56. The van der Waals surface area contributed by atoms with Crippen LogP contribution in [0.1, 0.15) is 51.7 Å². The van der Waals surface area contributed by atoms with E-state index in [9.17, 15) is 9.59 Å². The van der Waals surface area contributed by atoms with Gasteiger partial charge in [-0.05, 0) is 55.0 Å². The van der Waals surface area contributed by atoms with Gasteiger partial charge in [-0.25, -0.2) is 0 Å². The number of fused-ring (bicyclic) bond motifs is 1. The van der Waals surface area contributed by atoms with Crippen molar-refractivity contribution in [2.75, 3.05) is 26.2 Å². The Morgan fingerprint density at radius 1 is 0.971 bits per heavy atom. The minimum Gasteiger partial charge on any atom is -0.494 e. The van der Waals surface area contributed by atoms with E-state index >= 15 is 0 Å². The molecule has 1 N–H and O–H groups in total. The Hall–Kier alpha value is -3.28. The number of rotatable bonds is 13. The Morgan fingerprint density at radius 2 is 1.71 bits per heavy atom. The maximum absolute atomic E-state index is 13.5. The first-order chi connectivity index (χ1) is 16.9. The van der Waals surface area contributed by atoms with Gasteiger partial charge >= 0.3 is 0 Å². The summed E-state index contributed by atoms with van der Waals surface area (Å²) in [5.41, 5.74) is 3.32. The van der Waals surface area contributed by atoms with E-state index in [1.807, 2.05) is 61.3 Å². The second-order valence-electron chi connectivity index (χ2n) is 9.42. The van der Waals surface area contributed by atoms with Gasteiger partial charge in [0.1, 0.15) is 5.75 Å². The van der Waals surface area contributed by atoms with Crippen molar-refractivity contribution in [1.82, 2.24) is 14.8 Å². The van der Waals surface area contributed by atoms with Gasteiger partial charge in [-0.15, -0.1) is 0 Å². The number of carbonyl (C=O) groups is 2. The number of benzene rings is 2. The molecule has 0 spiro atoms. The zero-order valence-electron chi connectivity index (χ0n) is 21.5. The number of carbonyl (C=O) groups excluding carboxylic acids is 2. The van der Waals surface area contributed by atoms with Crippen LogP contribution < -0.4 is 4.74 Å². The van der Waals surface area contributed by atoms with Gasteiger partial charge < -0.3 is 19.5 Å². The van der Waals surface area contributed by atoms with E-state index in [0.717, 1.165) is 29.7 Å². The highest BCUT2D eigenvalue weighted by Gasteiger charge is 2.22. The van der Waals surface area contributed by atoms with E-state index in [-0.39, 0.29) is 18.4 Å². The van der Waals surface area contributed by atoms with E-state index in [4.69, 9.17) is 4.74 Å². The number of hydrogen-bond acceptors (Lipinski definition) is 3. The summed E-state index contributed by atoms with van der Waals surface area (Å²) in [6, 6.07) is 16.1. The summed E-state index contributed by atoms with van der Waals surface area (Å²) in [5.74, 6) is 1.15. The molecule has 3 rings (SSSR count). The van der Waals surface area contributed by atoms with Crippen LogP contribution in [0.3, 0.4) is 0 Å². The number of nitrogens with one attached hydrogen (secondary N) is 1. The molecule has 6 heteroatoms. The summed E-state index contributed by atoms with van der Waals surface area (Å²) in [7, 11) is 0. The summed E-state index contributed by atoms with van der Waals surface area (Å²) in [6.07, 6.45) is 4.01. The lowest BCUT2D eigenvalue weighted by Crippen LogP contribution is -2.44. The lowest BCUT2D eigenvalue weighted by Gasteiger charge is -2.29. The third-order valence-corrected chi connectivity index (χ3v) is 6.01. The second-order valence-corrected chi connectivity index (χ2v) is 9.42. The third kappa shape index (κ3) is 7.61. The lowest BCUT2D eigenvalue weighted by atomic mass is 10.1. The van der Waals surface area contributed by atoms with Crippen molar-refractivity contribution in [2.45, 2.75) is 53.5 Å². The first-order valence-corrected chi connectivity index (χ1v) is 12.7. The van der Waals surface area contributed by atoms with Crippen molar-refractivity contribution in [2.24, 2.45) is 5.92 Å². The molecule has 0 aliphatic carbocycles. The Bertz CT molecular complexity index is 1090. The molecule has 0 radical (unpaired) electrons. The lowest BCUT2D eigenvalue weighted by molar-refractivity contribution is -0.141. The summed E-state index contributed by atoms with van der Waals surface area (Å²) in [4.78, 5) is 33.2. The van der Waals surface area contributed by atoms with Crippen LogP contribution in [0.5, 0.6) is 5.75 Å². The van der Waals surface area contributed by atoms with Crippen molar-refractivity contribution in [1.29, 1.82) is 0 Å². The van der Waals surface area contributed by atoms with Crippen molar-refractivity contribution < 1.29 is 14.3 Å². The molecule has 0 bridgehead atoms. The fourth-order valence-electron chi connectivity index (χ4n) is 4.29. The molecular formula is C29H39N3O3. The molecule has 188 valence electrons. The number of nitrogens with zero attached hydrogens (tertiary/aromatic N) is 2. The number of para-hydroxylation sites is 1. The van der Waals surface area contributed by atoms with Crippen molar-refractivity contribution >= 4 is 22.7 Å². The smallest absolute Gasteiger partial charge is 0.242 e. The van der Waals surface area contributed by atoms with Crippen LogP contribution in [0.25, 0.3) is 10.9 Å². The van der Waals surface area contributed by atoms with Gasteiger partial charge in [0.05, 0.1) is 13.2 Å². The van der Waals surface area contributed by atoms with Gasteiger partial charge in [-0.1, -0.05) is 51.1 Å². The standard InChI is InChI=1S/C29H39N3O3/c1-5-9-28(33)32(19-22(3)4)21-29(34)31(20-23-12-14-25(15-13-23)35-6-2)17-16-24-18-30-27-11-8-7-10-26(24)27/h7-8,10-15,18,22,30H,5-6,9,16-17,19-21H2,1-4H3. The Labute approximate surface area is 209 Å². The SMILES string of the molecule is CCCC(=O)N(CC(=O)N(CCc1c[nH]c2ccccc12)Cc1ccc(OCC)cc1)CC(C)C. The largest absolute Gasteiger partial charge is 0.494 e. The van der Waals surface area contributed by atoms with E-state index in [0.29, 0.717) is 38.6 Å². The molecule has 6 nitrogen and oxygen atoms in total. The molecule has 0 fully saturated rings. The van der Waals surface area contributed by atoms with Gasteiger partial charge in [-0.2, -0.15) is 0 Å². The van der Waals surface area contributed by atoms with Gasteiger partial charge in [0, 0.05) is 43.2 Å². The number of amides is 2. The molecule has 0 saturated heterocycles. The van der Waals surface area contributed by atoms with Crippen LogP contribution in [0.15, 0.2) is 54.7 Å². The third-order valence-electron chi connectivity index (χ3n) is 6.01. The van der Waals surface area contributed by atoms with Crippen molar-refractivity contribution in [3.05, 3.63) is 65.9 Å². The van der Waals surface area contributed by atoms with E-state index in [1.165, 1.54) is 10.9 Å². The zero-order valence-corrected chi connectivity index (χ0v) is 21.5. The quantitative estimate of drug-likeness (QED) is 0.357. The number of aromatic amines is 1. The van der Waals surface area contributed by atoms with Gasteiger partial charge in [0.2, 0.25) is 11.8 Å². The van der Waals surface area contributed by atoms with Crippen LogP contribution in [-0.2, 0) is 22.6 Å². The highest BCUT2D eigenvalue weighted by molar-refractivity contribution is 5.85. The Morgan fingerprint density at radius 3 is 2.40 bits per heavy atom. The molecule has 2 aromatic carbocycles. The highest BCUT2D eigenvalue weighted by atomic mass is 16.5. The molecule has 35 heavy (non-hydrogen) atoms. The molecule has 0 atom stereocenters. The number of aromatic nitrogens is 1. The molecule has 1 aromatic heterocycles. The van der Waals surface area contributed by atoms with Crippen LogP contribution in [-0.4, -0.2) is 52.8 Å². The summed E-state index contributed by atoms with van der Waals surface area (Å²) >= 11 is 0. The first-order valence-electron chi connectivity index (χ1n) is 12.7. The van der Waals surface area contributed by atoms with E-state index in [2.05, 4.69) is 31.0 Å². The fraction of sp³-hybridized carbons (Fsp3) is 0.448. The van der Waals surface area contributed by atoms with Crippen molar-refractivity contribution in [3.63, 3.8) is 0 Å². The summed E-state index contributed by atoms with van der Waals surface area (Å²) in [5, 5.41) is 1.18. The normalized spacial score (nSPS) is 11.1. The van der Waals surface area contributed by atoms with Gasteiger partial charge in [0.25, 0.3) is 0 Å². The molecule has 3 aromatic rings. The Kier molecular flexibility index (Phi) is 9.76. The number of H-pyrrole nitrogens is 1. The van der Waals surface area contributed by atoms with Crippen LogP contribution in [0.2, 0.25) is 0 Å². The minimum atomic E-state index is -0.0242. The molecule has 2 amide bonds. The predicted molar refractivity (Wildman–Crippen MR) is 141 cm³/mol. The van der Waals surface area contributed by atoms with Crippen LogP contribution in [0, 0.1) is 5.92 Å². The Balaban J connectivity index is 1.78. The van der Waals surface area contributed by atoms with Gasteiger partial charge in [0.15, 0.2) is 0 Å². The zero-order chi connectivity index (χ0) is 25.2. The second kappa shape index (κ2) is 13.0. The molecule has 0 unspecified atom stereocenters. The topological polar surface area (TPSA) is 65.6 Å². The highest BCUT2D eigenvalue weighted by Crippen LogP contribution is 2.20. The number of hydrogen-bond donors (Lipinski definition) is 1. The average molecular weight is 478 g/mol. The molecule has 0 aliphatic rings. The maximum Gasteiger partial charge on any atom is 0.242 e. The molecular weight excluding hydrogens is 438 g/mol. The maximum atomic E-state index is 13.5. The van der Waals surface area contributed by atoms with E-state index < -0.39 is 0 Å². The minimum absolute atomic E-state index is 0.0242. The average Bonchev–Trinajstić information content (AvgIpc) is 3.25. The van der Waals surface area contributed by atoms with Crippen LogP contribution >= 0.6 is 0 Å². The predicted octanol–water partition coefficient (Wildman–Crippen LogP) is 5.42. The first kappa shape index (κ1) is 26.3. The molecule has 1 heterocycles. The van der Waals surface area contributed by atoms with E-state index in [1.54, 1.807) is 4.90 Å². The van der Waals surface area contributed by atoms with Crippen LogP contribution in [0.4, 0.5) is 0 Å². The fourth-order valence-corrected chi connectivity index (χ4v) is 4.29. The number of ether oxygens (including phenoxy) is 1. The molecule has 0 aliphatic heterocycles. The van der Waals surface area contributed by atoms with Crippen molar-refractivity contribution in [3.8, 4) is 5.75 Å². The monoisotopic (exact) mass is 477 g/mol. The summed E-state index contributed by atoms with van der Waals surface area (Å²) in [6.45, 7) is 10.5. The molecule has 0 saturated carbocycles. The van der Waals surface area contributed by atoms with Gasteiger partial charge in [-0.3, -0.25) is 9.59 Å².